The van der Waals surface area contributed by atoms with Gasteiger partial charge in [-0.3, -0.25) is 4.79 Å². The van der Waals surface area contributed by atoms with Gasteiger partial charge in [0, 0.05) is 36.1 Å². The van der Waals surface area contributed by atoms with Crippen molar-refractivity contribution in [3.05, 3.63) is 28.7 Å². The number of nitrogens with one attached hydrogen (secondary N) is 1. The van der Waals surface area contributed by atoms with Crippen LogP contribution in [0.2, 0.25) is 0 Å². The second-order valence-corrected chi connectivity index (χ2v) is 5.88. The third-order valence-electron chi connectivity index (χ3n) is 3.53. The van der Waals surface area contributed by atoms with E-state index in [2.05, 4.69) is 32.2 Å². The maximum atomic E-state index is 11.8. The molecule has 1 aromatic rings. The third-order valence-corrected chi connectivity index (χ3v) is 4.20. The van der Waals surface area contributed by atoms with Crippen LogP contribution in [0, 0.1) is 5.92 Å². The third kappa shape index (κ3) is 5.33. The lowest BCUT2D eigenvalue weighted by molar-refractivity contribution is -0.124. The van der Waals surface area contributed by atoms with Gasteiger partial charge < -0.3 is 16.0 Å². The predicted molar refractivity (Wildman–Crippen MR) is 95.6 cm³/mol. The first-order valence-corrected chi connectivity index (χ1v) is 7.41. The largest absolute Gasteiger partial charge is 0.368 e. The van der Waals surface area contributed by atoms with Gasteiger partial charge in [0.2, 0.25) is 5.91 Å². The lowest BCUT2D eigenvalue weighted by Crippen LogP contribution is -2.41. The summed E-state index contributed by atoms with van der Waals surface area (Å²) in [6.45, 7) is 4.07. The molecule has 1 aromatic carbocycles. The van der Waals surface area contributed by atoms with Crippen molar-refractivity contribution >= 4 is 52.3 Å². The number of rotatable bonds is 4. The first kappa shape index (κ1) is 20.5. The number of carbonyl (C=O) groups excluding carboxylic acids is 1. The Hall–Kier alpha value is -0.490. The van der Waals surface area contributed by atoms with E-state index in [1.54, 1.807) is 0 Å². The van der Waals surface area contributed by atoms with Crippen molar-refractivity contribution < 1.29 is 4.79 Å². The van der Waals surface area contributed by atoms with E-state index in [4.69, 9.17) is 5.73 Å². The zero-order chi connectivity index (χ0) is 13.8. The highest BCUT2D eigenvalue weighted by molar-refractivity contribution is 9.10. The Balaban J connectivity index is 0.00000200. The molecule has 21 heavy (non-hydrogen) atoms. The van der Waals surface area contributed by atoms with Crippen molar-refractivity contribution in [3.8, 4) is 0 Å². The van der Waals surface area contributed by atoms with Crippen LogP contribution in [-0.4, -0.2) is 31.6 Å². The summed E-state index contributed by atoms with van der Waals surface area (Å²) in [7, 11) is 0. The molecule has 0 aliphatic carbocycles. The van der Waals surface area contributed by atoms with Gasteiger partial charge in [0.1, 0.15) is 0 Å². The summed E-state index contributed by atoms with van der Waals surface area (Å²) in [6, 6.07) is 8.39. The molecule has 120 valence electrons. The number of nitrogens with zero attached hydrogens (tertiary/aromatic N) is 1. The highest BCUT2D eigenvalue weighted by Crippen LogP contribution is 2.28. The molecule has 0 spiro atoms. The van der Waals surface area contributed by atoms with Crippen LogP contribution in [0.5, 0.6) is 0 Å². The normalized spacial score (nSPS) is 18.4. The molecule has 0 radical (unpaired) electrons. The summed E-state index contributed by atoms with van der Waals surface area (Å²) < 4.78 is 1.09. The van der Waals surface area contributed by atoms with Gasteiger partial charge in [-0.15, -0.1) is 24.8 Å². The molecule has 0 aromatic heterocycles. The summed E-state index contributed by atoms with van der Waals surface area (Å²) in [4.78, 5) is 14.1. The first-order chi connectivity index (χ1) is 9.11. The van der Waals surface area contributed by atoms with Crippen LogP contribution in [0.25, 0.3) is 0 Å². The maximum Gasteiger partial charge on any atom is 0.224 e. The zero-order valence-corrected chi connectivity index (χ0v) is 15.1. The number of hydrogen-bond acceptors (Lipinski definition) is 3. The number of halogens is 3. The summed E-state index contributed by atoms with van der Waals surface area (Å²) in [6.07, 6.45) is 0.977. The minimum atomic E-state index is -0.113. The smallest absolute Gasteiger partial charge is 0.224 e. The van der Waals surface area contributed by atoms with E-state index >= 15 is 0 Å². The van der Waals surface area contributed by atoms with Crippen LogP contribution in [0.4, 0.5) is 5.69 Å². The van der Waals surface area contributed by atoms with E-state index in [0.29, 0.717) is 6.54 Å². The fourth-order valence-electron chi connectivity index (χ4n) is 2.26. The zero-order valence-electron chi connectivity index (χ0n) is 11.9. The van der Waals surface area contributed by atoms with Crippen LogP contribution >= 0.6 is 40.7 Å². The molecule has 0 bridgehead atoms. The number of para-hydroxylation sites is 1. The quantitative estimate of drug-likeness (QED) is 0.819. The SMILES string of the molecule is CC(CN)C(=O)NC1CCN(c2ccccc2Br)C1.Cl.Cl. The summed E-state index contributed by atoms with van der Waals surface area (Å²) in [5, 5.41) is 3.07. The average molecular weight is 399 g/mol. The molecule has 4 nitrogen and oxygen atoms in total. The standard InChI is InChI=1S/C14H20BrN3O.2ClH/c1-10(8-16)14(19)17-11-6-7-18(9-11)13-5-3-2-4-12(13)15;;/h2-5,10-11H,6-9,16H2,1H3,(H,17,19);2*1H. The molecule has 1 aliphatic rings. The van der Waals surface area contributed by atoms with Crippen LogP contribution < -0.4 is 16.0 Å². The van der Waals surface area contributed by atoms with E-state index < -0.39 is 0 Å². The molecule has 1 fully saturated rings. The number of nitrogens with two attached hydrogens (primary N) is 1. The second-order valence-electron chi connectivity index (χ2n) is 5.03. The monoisotopic (exact) mass is 397 g/mol. The molecule has 1 aliphatic heterocycles. The van der Waals surface area contributed by atoms with E-state index in [-0.39, 0.29) is 42.7 Å². The fourth-order valence-corrected chi connectivity index (χ4v) is 2.79. The molecule has 2 atom stereocenters. The lowest BCUT2D eigenvalue weighted by Gasteiger charge is -2.21. The van der Waals surface area contributed by atoms with Crippen molar-refractivity contribution in [2.45, 2.75) is 19.4 Å². The predicted octanol–water partition coefficient (Wildman–Crippen LogP) is 2.58. The molecule has 1 heterocycles. The van der Waals surface area contributed by atoms with Gasteiger partial charge in [-0.2, -0.15) is 0 Å². The van der Waals surface area contributed by atoms with Gasteiger partial charge in [0.15, 0.2) is 0 Å². The van der Waals surface area contributed by atoms with E-state index in [9.17, 15) is 4.79 Å². The van der Waals surface area contributed by atoms with Crippen molar-refractivity contribution in [3.63, 3.8) is 0 Å². The number of anilines is 1. The lowest BCUT2D eigenvalue weighted by atomic mass is 10.1. The molecule has 7 heteroatoms. The minimum absolute atomic E-state index is 0. The van der Waals surface area contributed by atoms with Crippen molar-refractivity contribution in [2.75, 3.05) is 24.5 Å². The topological polar surface area (TPSA) is 58.4 Å². The second kappa shape index (κ2) is 9.51. The molecular formula is C14H22BrCl2N3O. The summed E-state index contributed by atoms with van der Waals surface area (Å²) >= 11 is 3.57. The van der Waals surface area contributed by atoms with Crippen molar-refractivity contribution in [1.82, 2.24) is 5.32 Å². The van der Waals surface area contributed by atoms with Crippen molar-refractivity contribution in [1.29, 1.82) is 0 Å². The van der Waals surface area contributed by atoms with Gasteiger partial charge in [-0.25, -0.2) is 0 Å². The van der Waals surface area contributed by atoms with Gasteiger partial charge in [-0.1, -0.05) is 19.1 Å². The van der Waals surface area contributed by atoms with E-state index in [1.807, 2.05) is 25.1 Å². The van der Waals surface area contributed by atoms with Crippen LogP contribution in [-0.2, 0) is 4.79 Å². The molecule has 1 saturated heterocycles. The highest BCUT2D eigenvalue weighted by atomic mass is 79.9. The van der Waals surface area contributed by atoms with E-state index in [1.165, 1.54) is 5.69 Å². The number of carbonyl (C=O) groups is 1. The Morgan fingerprint density at radius 1 is 1.48 bits per heavy atom. The van der Waals surface area contributed by atoms with Crippen molar-refractivity contribution in [2.24, 2.45) is 11.7 Å². The minimum Gasteiger partial charge on any atom is -0.368 e. The Kier molecular flexibility index (Phi) is 9.29. The molecule has 2 unspecified atom stereocenters. The summed E-state index contributed by atoms with van der Waals surface area (Å²) in [5.74, 6) is -0.0565. The molecule has 1 amide bonds. The average Bonchev–Trinajstić information content (AvgIpc) is 2.86. The molecular weight excluding hydrogens is 377 g/mol. The first-order valence-electron chi connectivity index (χ1n) is 6.61. The summed E-state index contributed by atoms with van der Waals surface area (Å²) in [5.41, 5.74) is 6.69. The van der Waals surface area contributed by atoms with Crippen LogP contribution in [0.1, 0.15) is 13.3 Å². The Bertz CT molecular complexity index is 462. The number of benzene rings is 1. The number of hydrogen-bond donors (Lipinski definition) is 2. The highest BCUT2D eigenvalue weighted by Gasteiger charge is 2.26. The fraction of sp³-hybridized carbons (Fsp3) is 0.500. The Morgan fingerprint density at radius 2 is 2.14 bits per heavy atom. The van der Waals surface area contributed by atoms with Crippen LogP contribution in [0.3, 0.4) is 0 Å². The van der Waals surface area contributed by atoms with Crippen LogP contribution in [0.15, 0.2) is 28.7 Å². The maximum absolute atomic E-state index is 11.8. The Labute approximate surface area is 146 Å². The van der Waals surface area contributed by atoms with E-state index in [0.717, 1.165) is 24.0 Å². The molecule has 0 saturated carbocycles. The molecule has 2 rings (SSSR count). The molecule has 3 N–H and O–H groups in total. The van der Waals surface area contributed by atoms with Gasteiger partial charge in [0.05, 0.1) is 5.69 Å². The number of amides is 1. The van der Waals surface area contributed by atoms with Gasteiger partial charge >= 0.3 is 0 Å². The van der Waals surface area contributed by atoms with Gasteiger partial charge in [0.25, 0.3) is 0 Å². The van der Waals surface area contributed by atoms with Gasteiger partial charge in [-0.05, 0) is 34.5 Å². The Morgan fingerprint density at radius 3 is 2.76 bits per heavy atom.